The predicted octanol–water partition coefficient (Wildman–Crippen LogP) is 4.30. The van der Waals surface area contributed by atoms with Crippen molar-refractivity contribution in [1.82, 2.24) is 15.6 Å². The highest BCUT2D eigenvalue weighted by atomic mass is 35.5. The molecule has 3 N–H and O–H groups in total. The Bertz CT molecular complexity index is 949. The standard InChI is InChI=1S/C25H34ClN3O4/c1-24(2,3)29-22(31)18-8-7-13-27-19(18)15-21(30)20(28-23(32)33-25(4,5)6)14-16-9-11-17(26)12-10-16/h7-13,20-21,30H,14-15H2,1-6H3,(H,28,32)(H,29,31)/t20-,21+/m1/s1. The third-order valence-electron chi connectivity index (χ3n) is 4.56. The molecule has 1 aromatic carbocycles. The van der Waals surface area contributed by atoms with Crippen molar-refractivity contribution in [1.29, 1.82) is 0 Å². The Morgan fingerprint density at radius 1 is 1.06 bits per heavy atom. The van der Waals surface area contributed by atoms with Crippen LogP contribution in [-0.2, 0) is 17.6 Å². The third-order valence-corrected chi connectivity index (χ3v) is 4.81. The van der Waals surface area contributed by atoms with E-state index in [2.05, 4.69) is 15.6 Å². The minimum atomic E-state index is -1.02. The summed E-state index contributed by atoms with van der Waals surface area (Å²) in [4.78, 5) is 29.5. The molecule has 180 valence electrons. The fourth-order valence-corrected chi connectivity index (χ4v) is 3.30. The van der Waals surface area contributed by atoms with Gasteiger partial charge in [-0.05, 0) is 77.8 Å². The highest BCUT2D eigenvalue weighted by molar-refractivity contribution is 6.30. The fourth-order valence-electron chi connectivity index (χ4n) is 3.17. The van der Waals surface area contributed by atoms with Gasteiger partial charge in [0.15, 0.2) is 0 Å². The molecule has 2 aromatic rings. The van der Waals surface area contributed by atoms with E-state index in [0.717, 1.165) is 5.56 Å². The minimum Gasteiger partial charge on any atom is -0.444 e. The highest BCUT2D eigenvalue weighted by Crippen LogP contribution is 2.17. The second-order valence-corrected chi connectivity index (χ2v) is 10.5. The van der Waals surface area contributed by atoms with Crippen LogP contribution in [0.3, 0.4) is 0 Å². The maximum atomic E-state index is 12.8. The maximum absolute atomic E-state index is 12.8. The summed E-state index contributed by atoms with van der Waals surface area (Å²) in [5, 5.41) is 17.4. The molecule has 0 aliphatic carbocycles. The van der Waals surface area contributed by atoms with Gasteiger partial charge in [-0.15, -0.1) is 0 Å². The number of ether oxygens (including phenoxy) is 1. The van der Waals surface area contributed by atoms with E-state index in [-0.39, 0.29) is 12.3 Å². The van der Waals surface area contributed by atoms with E-state index in [1.165, 1.54) is 0 Å². The number of halogens is 1. The molecule has 0 aliphatic heterocycles. The lowest BCUT2D eigenvalue weighted by molar-refractivity contribution is 0.0420. The number of hydrogen-bond acceptors (Lipinski definition) is 5. The van der Waals surface area contributed by atoms with Gasteiger partial charge in [0.05, 0.1) is 23.4 Å². The number of amides is 2. The summed E-state index contributed by atoms with van der Waals surface area (Å²) >= 11 is 5.98. The summed E-state index contributed by atoms with van der Waals surface area (Å²) in [6, 6.07) is 9.84. The number of aliphatic hydroxyl groups excluding tert-OH is 1. The van der Waals surface area contributed by atoms with Gasteiger partial charge in [-0.1, -0.05) is 23.7 Å². The van der Waals surface area contributed by atoms with Crippen molar-refractivity contribution in [2.45, 2.75) is 77.7 Å². The summed E-state index contributed by atoms with van der Waals surface area (Å²) in [7, 11) is 0. The van der Waals surface area contributed by atoms with Gasteiger partial charge in [-0.2, -0.15) is 0 Å². The Morgan fingerprint density at radius 3 is 2.27 bits per heavy atom. The Morgan fingerprint density at radius 2 is 1.70 bits per heavy atom. The molecule has 0 aliphatic rings. The topological polar surface area (TPSA) is 101 Å². The predicted molar refractivity (Wildman–Crippen MR) is 129 cm³/mol. The van der Waals surface area contributed by atoms with Crippen molar-refractivity contribution in [3.63, 3.8) is 0 Å². The molecule has 2 amide bonds. The minimum absolute atomic E-state index is 0.0712. The molecule has 2 rings (SSSR count). The number of carbonyl (C=O) groups is 2. The monoisotopic (exact) mass is 475 g/mol. The van der Waals surface area contributed by atoms with Gasteiger partial charge in [-0.25, -0.2) is 4.79 Å². The van der Waals surface area contributed by atoms with Crippen LogP contribution in [0, 0.1) is 0 Å². The van der Waals surface area contributed by atoms with Crippen molar-refractivity contribution >= 4 is 23.6 Å². The van der Waals surface area contributed by atoms with E-state index >= 15 is 0 Å². The van der Waals surface area contributed by atoms with E-state index < -0.39 is 29.4 Å². The zero-order chi connectivity index (χ0) is 24.8. The first-order chi connectivity index (χ1) is 15.2. The van der Waals surface area contributed by atoms with Crippen molar-refractivity contribution in [2.75, 3.05) is 0 Å². The lowest BCUT2D eigenvalue weighted by atomic mass is 9.96. The van der Waals surface area contributed by atoms with Gasteiger partial charge in [0.25, 0.3) is 5.91 Å². The summed E-state index contributed by atoms with van der Waals surface area (Å²) < 4.78 is 5.38. The molecule has 7 nitrogen and oxygen atoms in total. The van der Waals surface area contributed by atoms with Crippen LogP contribution in [0.1, 0.15) is 63.2 Å². The normalized spacial score (nSPS) is 13.7. The second kappa shape index (κ2) is 11.0. The average molecular weight is 476 g/mol. The average Bonchev–Trinajstić information content (AvgIpc) is 2.66. The second-order valence-electron chi connectivity index (χ2n) is 10.1. The molecule has 0 unspecified atom stereocenters. The first-order valence-electron chi connectivity index (χ1n) is 10.9. The van der Waals surface area contributed by atoms with Crippen molar-refractivity contribution in [3.05, 3.63) is 64.4 Å². The Balaban J connectivity index is 2.25. The van der Waals surface area contributed by atoms with Crippen LogP contribution in [0.4, 0.5) is 4.79 Å². The number of aliphatic hydroxyl groups is 1. The molecule has 0 bridgehead atoms. The first-order valence-corrected chi connectivity index (χ1v) is 11.3. The summed E-state index contributed by atoms with van der Waals surface area (Å²) in [6.45, 7) is 11.0. The maximum Gasteiger partial charge on any atom is 0.407 e. The molecule has 0 spiro atoms. The number of carbonyl (C=O) groups excluding carboxylic acids is 2. The molecule has 0 saturated heterocycles. The van der Waals surface area contributed by atoms with Crippen LogP contribution in [-0.4, -0.2) is 45.4 Å². The number of nitrogens with one attached hydrogen (secondary N) is 2. The molecule has 8 heteroatoms. The number of benzene rings is 1. The van der Waals surface area contributed by atoms with Gasteiger partial charge in [-0.3, -0.25) is 9.78 Å². The number of alkyl carbamates (subject to hydrolysis) is 1. The molecule has 0 fully saturated rings. The highest BCUT2D eigenvalue weighted by Gasteiger charge is 2.27. The van der Waals surface area contributed by atoms with E-state index in [9.17, 15) is 14.7 Å². The molecule has 1 aromatic heterocycles. The number of rotatable bonds is 7. The molecular weight excluding hydrogens is 442 g/mol. The Hall–Kier alpha value is -2.64. The number of aromatic nitrogens is 1. The van der Waals surface area contributed by atoms with Crippen LogP contribution in [0.2, 0.25) is 5.02 Å². The third kappa shape index (κ3) is 9.40. The van der Waals surface area contributed by atoms with Gasteiger partial charge in [0.2, 0.25) is 0 Å². The molecule has 2 atom stereocenters. The van der Waals surface area contributed by atoms with Gasteiger partial charge < -0.3 is 20.5 Å². The quantitative estimate of drug-likeness (QED) is 0.554. The molecule has 33 heavy (non-hydrogen) atoms. The fraction of sp³-hybridized carbons (Fsp3) is 0.480. The van der Waals surface area contributed by atoms with Gasteiger partial charge in [0, 0.05) is 23.2 Å². The van der Waals surface area contributed by atoms with E-state index in [4.69, 9.17) is 16.3 Å². The van der Waals surface area contributed by atoms with Crippen LogP contribution in [0.5, 0.6) is 0 Å². The number of hydrogen-bond donors (Lipinski definition) is 3. The zero-order valence-electron chi connectivity index (χ0n) is 20.1. The summed E-state index contributed by atoms with van der Waals surface area (Å²) in [5.74, 6) is -0.271. The van der Waals surface area contributed by atoms with Crippen LogP contribution < -0.4 is 10.6 Å². The van der Waals surface area contributed by atoms with Gasteiger partial charge in [0.1, 0.15) is 5.60 Å². The largest absolute Gasteiger partial charge is 0.444 e. The molecule has 0 radical (unpaired) electrons. The zero-order valence-corrected chi connectivity index (χ0v) is 20.9. The van der Waals surface area contributed by atoms with E-state index in [0.29, 0.717) is 22.7 Å². The first kappa shape index (κ1) is 26.6. The van der Waals surface area contributed by atoms with Gasteiger partial charge >= 0.3 is 6.09 Å². The van der Waals surface area contributed by atoms with Crippen LogP contribution >= 0.6 is 11.6 Å². The number of nitrogens with zero attached hydrogens (tertiary/aromatic N) is 1. The van der Waals surface area contributed by atoms with E-state index in [1.54, 1.807) is 51.2 Å². The SMILES string of the molecule is CC(C)(C)NC(=O)c1cccnc1C[C@H](O)[C@@H](Cc1ccc(Cl)cc1)NC(=O)OC(C)(C)C. The number of pyridine rings is 1. The Labute approximate surface area is 200 Å². The van der Waals surface area contributed by atoms with Crippen LogP contribution in [0.25, 0.3) is 0 Å². The lowest BCUT2D eigenvalue weighted by Crippen LogP contribution is -2.47. The van der Waals surface area contributed by atoms with Crippen molar-refractivity contribution in [3.8, 4) is 0 Å². The van der Waals surface area contributed by atoms with Crippen LogP contribution in [0.15, 0.2) is 42.6 Å². The van der Waals surface area contributed by atoms with Crippen molar-refractivity contribution in [2.24, 2.45) is 0 Å². The van der Waals surface area contributed by atoms with E-state index in [1.807, 2.05) is 32.9 Å². The lowest BCUT2D eigenvalue weighted by Gasteiger charge is -2.27. The summed E-state index contributed by atoms with van der Waals surface area (Å²) in [6.07, 6.45) is 0.331. The Kier molecular flexibility index (Phi) is 8.86. The smallest absolute Gasteiger partial charge is 0.407 e. The molecular formula is C25H34ClN3O4. The summed E-state index contributed by atoms with van der Waals surface area (Å²) in [5.41, 5.74) is 0.608. The van der Waals surface area contributed by atoms with Crippen molar-refractivity contribution < 1.29 is 19.4 Å². The molecule has 1 heterocycles. The molecule has 0 saturated carbocycles.